The molecule has 3 aromatic rings. The van der Waals surface area contributed by atoms with E-state index in [2.05, 4.69) is 20.4 Å². The number of nitrogens with zero attached hydrogens (tertiary/aromatic N) is 4. The summed E-state index contributed by atoms with van der Waals surface area (Å²) in [6, 6.07) is 6.50. The average molecular weight is 529 g/mol. The molecule has 196 valence electrons. The monoisotopic (exact) mass is 528 g/mol. The van der Waals surface area contributed by atoms with E-state index >= 15 is 0 Å². The Morgan fingerprint density at radius 3 is 2.81 bits per heavy atom. The second-order valence-electron chi connectivity index (χ2n) is 9.94. The summed E-state index contributed by atoms with van der Waals surface area (Å²) in [5.41, 5.74) is 2.11. The molecule has 2 aromatic heterocycles. The van der Waals surface area contributed by atoms with Crippen molar-refractivity contribution in [1.82, 2.24) is 19.7 Å². The highest BCUT2D eigenvalue weighted by atomic mass is 32.2. The molecule has 0 bridgehead atoms. The van der Waals surface area contributed by atoms with Crippen molar-refractivity contribution < 1.29 is 22.7 Å². The van der Waals surface area contributed by atoms with Gasteiger partial charge in [-0.05, 0) is 67.2 Å². The van der Waals surface area contributed by atoms with Gasteiger partial charge < -0.3 is 10.4 Å². The fraction of sp³-hybridized carbons (Fsp3) is 0.440. The van der Waals surface area contributed by atoms with Crippen molar-refractivity contribution in [3.8, 4) is 0 Å². The summed E-state index contributed by atoms with van der Waals surface area (Å²) in [6.45, 7) is 0.406. The van der Waals surface area contributed by atoms with E-state index in [4.69, 9.17) is 5.14 Å². The van der Waals surface area contributed by atoms with Crippen LogP contribution in [0, 0.1) is 11.7 Å². The molecule has 2 saturated carbocycles. The first kappa shape index (κ1) is 25.4. The number of benzene rings is 1. The van der Waals surface area contributed by atoms with E-state index < -0.39 is 16.1 Å². The van der Waals surface area contributed by atoms with E-state index in [0.717, 1.165) is 24.0 Å². The van der Waals surface area contributed by atoms with E-state index in [1.165, 1.54) is 18.6 Å². The van der Waals surface area contributed by atoms with Crippen LogP contribution in [0.15, 0.2) is 43.0 Å². The number of rotatable bonds is 10. The number of nitrogens with two attached hydrogens (primary N) is 1. The molecule has 1 aromatic carbocycles. The Morgan fingerprint density at radius 2 is 2.05 bits per heavy atom. The summed E-state index contributed by atoms with van der Waals surface area (Å²) < 4.78 is 38.3. The highest BCUT2D eigenvalue weighted by molar-refractivity contribution is 7.89. The molecule has 0 unspecified atom stereocenters. The predicted octanol–water partition coefficient (Wildman–Crippen LogP) is 2.20. The molecule has 2 aliphatic rings. The Morgan fingerprint density at radius 1 is 1.24 bits per heavy atom. The molecule has 0 amide bonds. The van der Waals surface area contributed by atoms with Crippen LogP contribution in [0.4, 0.5) is 10.2 Å². The average Bonchev–Trinajstić information content (AvgIpc) is 3.49. The summed E-state index contributed by atoms with van der Waals surface area (Å²) >= 11 is 0. The van der Waals surface area contributed by atoms with Gasteiger partial charge in [0.2, 0.25) is 15.8 Å². The largest absolute Gasteiger partial charge is 0.393 e. The van der Waals surface area contributed by atoms with Crippen LogP contribution in [0.25, 0.3) is 0 Å². The zero-order valence-electron chi connectivity index (χ0n) is 20.1. The molecule has 0 aliphatic heterocycles. The summed E-state index contributed by atoms with van der Waals surface area (Å²) in [4.78, 5) is 21.5. The summed E-state index contributed by atoms with van der Waals surface area (Å²) in [5, 5.41) is 23.1. The number of aromatic nitrogens is 4. The maximum absolute atomic E-state index is 14.1. The number of hydrogen-bond acceptors (Lipinski definition) is 8. The van der Waals surface area contributed by atoms with E-state index in [0.29, 0.717) is 31.1 Å². The fourth-order valence-electron chi connectivity index (χ4n) is 4.95. The minimum Gasteiger partial charge on any atom is -0.393 e. The highest BCUT2D eigenvalue weighted by Crippen LogP contribution is 2.41. The molecule has 0 radical (unpaired) electrons. The summed E-state index contributed by atoms with van der Waals surface area (Å²) in [7, 11) is -3.61. The van der Waals surface area contributed by atoms with Crippen molar-refractivity contribution >= 4 is 21.6 Å². The van der Waals surface area contributed by atoms with Gasteiger partial charge in [-0.1, -0.05) is 12.1 Å². The third-order valence-corrected chi connectivity index (χ3v) is 7.83. The van der Waals surface area contributed by atoms with Gasteiger partial charge in [-0.15, -0.1) is 0 Å². The normalized spacial score (nSPS) is 21.8. The maximum atomic E-state index is 14.1. The Bertz CT molecular complexity index is 1410. The van der Waals surface area contributed by atoms with Gasteiger partial charge in [0.15, 0.2) is 0 Å². The molecule has 37 heavy (non-hydrogen) atoms. The zero-order chi connectivity index (χ0) is 26.2. The van der Waals surface area contributed by atoms with Crippen LogP contribution >= 0.6 is 0 Å². The third-order valence-electron chi connectivity index (χ3n) is 7.02. The lowest BCUT2D eigenvalue weighted by atomic mass is 10.0. The standard InChI is InChI=1S/C25H29FN6O4S/c26-21-4-1-15(9-19(21)16-2-3-16)13-32-7-5-22(31-32)24(34)20-12-28-14-29-25(20)30-18-10-17(23(33)11-18)6-8-37(27,35)36/h1,4-5,7,9,12,14,16-18,23,33H,2-3,6,8,10-11,13H2,(H2,27,35,36)(H,28,29,30)/t17-,18+,23-/m0/s1. The number of anilines is 1. The summed E-state index contributed by atoms with van der Waals surface area (Å²) in [6.07, 6.45) is 6.96. The molecule has 2 fully saturated rings. The van der Waals surface area contributed by atoms with Gasteiger partial charge in [0.1, 0.15) is 23.7 Å². The lowest BCUT2D eigenvalue weighted by Gasteiger charge is -2.15. The first-order valence-corrected chi connectivity index (χ1v) is 14.0. The number of aliphatic hydroxyl groups is 1. The number of ketones is 1. The van der Waals surface area contributed by atoms with Crippen molar-refractivity contribution in [1.29, 1.82) is 0 Å². The van der Waals surface area contributed by atoms with E-state index in [-0.39, 0.29) is 47.0 Å². The lowest BCUT2D eigenvalue weighted by molar-refractivity contribution is 0.103. The third kappa shape index (κ3) is 6.20. The minimum absolute atomic E-state index is 0.183. The second-order valence-corrected chi connectivity index (χ2v) is 11.7. The SMILES string of the molecule is NS(=O)(=O)CC[C@H]1C[C@@H](Nc2ncncc2C(=O)c2ccn(Cc3ccc(F)c(C4CC4)c3)n2)C[C@@H]1O. The molecule has 5 rings (SSSR count). The van der Waals surface area contributed by atoms with Crippen LogP contribution in [0.5, 0.6) is 0 Å². The van der Waals surface area contributed by atoms with Crippen molar-refractivity contribution in [2.24, 2.45) is 11.1 Å². The van der Waals surface area contributed by atoms with Crippen LogP contribution in [0.2, 0.25) is 0 Å². The van der Waals surface area contributed by atoms with E-state index in [9.17, 15) is 22.7 Å². The highest BCUT2D eigenvalue weighted by Gasteiger charge is 2.34. The van der Waals surface area contributed by atoms with Gasteiger partial charge >= 0.3 is 0 Å². The topological polar surface area (TPSA) is 153 Å². The smallest absolute Gasteiger partial charge is 0.218 e. The number of nitrogens with one attached hydrogen (secondary N) is 1. The summed E-state index contributed by atoms with van der Waals surface area (Å²) in [5.74, 6) is -0.336. The number of primary sulfonamides is 1. The number of carbonyl (C=O) groups is 1. The Labute approximate surface area is 214 Å². The Hall–Kier alpha value is -3.22. The number of aliphatic hydroxyl groups excluding tert-OH is 1. The van der Waals surface area contributed by atoms with Crippen molar-refractivity contribution in [3.05, 3.63) is 71.2 Å². The molecule has 3 atom stereocenters. The predicted molar refractivity (Wildman–Crippen MR) is 134 cm³/mol. The zero-order valence-corrected chi connectivity index (χ0v) is 20.9. The molecule has 2 aliphatic carbocycles. The van der Waals surface area contributed by atoms with Crippen molar-refractivity contribution in [2.45, 2.75) is 56.7 Å². The Balaban J connectivity index is 1.26. The molecule has 4 N–H and O–H groups in total. The molecule has 10 nitrogen and oxygen atoms in total. The second kappa shape index (κ2) is 10.3. The van der Waals surface area contributed by atoms with E-state index in [1.54, 1.807) is 23.0 Å². The van der Waals surface area contributed by atoms with Crippen LogP contribution in [-0.4, -0.2) is 57.0 Å². The van der Waals surface area contributed by atoms with Gasteiger partial charge in [0.25, 0.3) is 0 Å². The number of hydrogen-bond donors (Lipinski definition) is 3. The van der Waals surface area contributed by atoms with E-state index in [1.807, 2.05) is 6.07 Å². The Kier molecular flexibility index (Phi) is 7.06. The number of halogens is 1. The molecule has 0 spiro atoms. The minimum atomic E-state index is -3.61. The van der Waals surface area contributed by atoms with Crippen LogP contribution in [0.3, 0.4) is 0 Å². The van der Waals surface area contributed by atoms with Gasteiger partial charge in [-0.25, -0.2) is 27.9 Å². The van der Waals surface area contributed by atoms with Gasteiger partial charge in [-0.3, -0.25) is 9.48 Å². The van der Waals surface area contributed by atoms with Gasteiger partial charge in [0.05, 0.1) is 24.0 Å². The number of carbonyl (C=O) groups excluding carboxylic acids is 1. The first-order valence-electron chi connectivity index (χ1n) is 12.3. The van der Waals surface area contributed by atoms with Gasteiger partial charge in [0, 0.05) is 18.4 Å². The lowest BCUT2D eigenvalue weighted by Crippen LogP contribution is -2.22. The van der Waals surface area contributed by atoms with Gasteiger partial charge in [-0.2, -0.15) is 5.10 Å². The quantitative estimate of drug-likeness (QED) is 0.339. The molecule has 12 heteroatoms. The molecule has 0 saturated heterocycles. The van der Waals surface area contributed by atoms with Crippen LogP contribution in [-0.2, 0) is 16.6 Å². The van der Waals surface area contributed by atoms with Crippen LogP contribution < -0.4 is 10.5 Å². The first-order chi connectivity index (χ1) is 17.7. The van der Waals surface area contributed by atoms with Crippen LogP contribution in [0.1, 0.15) is 65.2 Å². The molecular weight excluding hydrogens is 499 g/mol. The molecular formula is C25H29FN6O4S. The number of sulfonamides is 1. The maximum Gasteiger partial charge on any atom is 0.218 e. The van der Waals surface area contributed by atoms with Crippen molar-refractivity contribution in [2.75, 3.05) is 11.1 Å². The van der Waals surface area contributed by atoms with Crippen molar-refractivity contribution in [3.63, 3.8) is 0 Å². The molecule has 2 heterocycles. The fourth-order valence-corrected chi connectivity index (χ4v) is 5.58.